The summed E-state index contributed by atoms with van der Waals surface area (Å²) in [7, 11) is 2.91. The quantitative estimate of drug-likeness (QED) is 0.774. The minimum Gasteiger partial charge on any atom is -0.453 e. The second kappa shape index (κ2) is 8.36. The number of nitrogens with zero attached hydrogens (tertiary/aromatic N) is 1. The Morgan fingerprint density at radius 3 is 2.68 bits per heavy atom. The summed E-state index contributed by atoms with van der Waals surface area (Å²) in [4.78, 5) is 37.0. The Bertz CT molecular complexity index is 662. The van der Waals surface area contributed by atoms with E-state index in [4.69, 9.17) is 4.74 Å². The van der Waals surface area contributed by atoms with Crippen molar-refractivity contribution in [3.8, 4) is 0 Å². The van der Waals surface area contributed by atoms with Crippen molar-refractivity contribution in [3.63, 3.8) is 0 Å². The molecule has 8 nitrogen and oxygen atoms in total. The molecule has 1 atom stereocenters. The van der Waals surface area contributed by atoms with E-state index in [9.17, 15) is 14.4 Å². The van der Waals surface area contributed by atoms with Crippen molar-refractivity contribution < 1.29 is 19.1 Å². The Kier molecular flexibility index (Phi) is 6.21. The third kappa shape index (κ3) is 4.85. The number of carbonyl (C=O) groups is 3. The summed E-state index contributed by atoms with van der Waals surface area (Å²) in [6.45, 7) is 2.88. The van der Waals surface area contributed by atoms with Gasteiger partial charge in [0.05, 0.1) is 7.11 Å². The number of hydrogen-bond acceptors (Lipinski definition) is 4. The minimum atomic E-state index is -0.382. The summed E-state index contributed by atoms with van der Waals surface area (Å²) in [5.74, 6) is -0.177. The Hall–Kier alpha value is -2.77. The molecule has 2 rings (SSSR count). The largest absolute Gasteiger partial charge is 0.453 e. The number of rotatable bonds is 3. The predicted molar refractivity (Wildman–Crippen MR) is 93.7 cm³/mol. The SMILES string of the molecule is CNC(=O)c1ccc(NC(=O)NC2CCCN(C(=O)OC)C2)c(C)c1. The van der Waals surface area contributed by atoms with Gasteiger partial charge in [0.25, 0.3) is 5.91 Å². The lowest BCUT2D eigenvalue weighted by atomic mass is 10.1. The Morgan fingerprint density at radius 1 is 1.28 bits per heavy atom. The maximum absolute atomic E-state index is 12.2. The fourth-order valence-corrected chi connectivity index (χ4v) is 2.82. The van der Waals surface area contributed by atoms with Crippen LogP contribution >= 0.6 is 0 Å². The van der Waals surface area contributed by atoms with Gasteiger partial charge in [-0.1, -0.05) is 0 Å². The van der Waals surface area contributed by atoms with Gasteiger partial charge < -0.3 is 25.6 Å². The molecule has 1 heterocycles. The smallest absolute Gasteiger partial charge is 0.409 e. The third-order valence-electron chi connectivity index (χ3n) is 4.15. The Morgan fingerprint density at radius 2 is 2.04 bits per heavy atom. The summed E-state index contributed by atoms with van der Waals surface area (Å²) in [6.07, 6.45) is 1.22. The lowest BCUT2D eigenvalue weighted by molar-refractivity contribution is 0.0962. The number of likely N-dealkylation sites (tertiary alicyclic amines) is 1. The lowest BCUT2D eigenvalue weighted by Crippen LogP contribution is -2.50. The van der Waals surface area contributed by atoms with Crippen molar-refractivity contribution in [1.82, 2.24) is 15.5 Å². The number of nitrogens with one attached hydrogen (secondary N) is 3. The van der Waals surface area contributed by atoms with Crippen LogP contribution in [0, 0.1) is 6.92 Å². The molecule has 1 aliphatic heterocycles. The highest BCUT2D eigenvalue weighted by Gasteiger charge is 2.25. The molecule has 0 aromatic heterocycles. The van der Waals surface area contributed by atoms with E-state index in [0.29, 0.717) is 24.3 Å². The molecule has 0 spiro atoms. The summed E-state index contributed by atoms with van der Waals surface area (Å²) >= 11 is 0. The van der Waals surface area contributed by atoms with Crippen LogP contribution in [0.1, 0.15) is 28.8 Å². The van der Waals surface area contributed by atoms with Crippen LogP contribution in [0.25, 0.3) is 0 Å². The summed E-state index contributed by atoms with van der Waals surface area (Å²) in [5.41, 5.74) is 1.95. The van der Waals surface area contributed by atoms with E-state index in [1.165, 1.54) is 7.11 Å². The molecule has 1 unspecified atom stereocenters. The molecule has 0 bridgehead atoms. The molecule has 0 radical (unpaired) electrons. The van der Waals surface area contributed by atoms with Gasteiger partial charge in [-0.3, -0.25) is 4.79 Å². The number of carbonyl (C=O) groups excluding carboxylic acids is 3. The topological polar surface area (TPSA) is 99.8 Å². The number of hydrogen-bond donors (Lipinski definition) is 3. The monoisotopic (exact) mass is 348 g/mol. The molecule has 1 aliphatic rings. The van der Waals surface area contributed by atoms with Gasteiger partial charge in [0.15, 0.2) is 0 Å². The molecule has 1 aromatic rings. The first-order chi connectivity index (χ1) is 11.9. The van der Waals surface area contributed by atoms with Crippen molar-refractivity contribution in [1.29, 1.82) is 0 Å². The van der Waals surface area contributed by atoms with Gasteiger partial charge in [-0.15, -0.1) is 0 Å². The van der Waals surface area contributed by atoms with Crippen molar-refractivity contribution in [2.45, 2.75) is 25.8 Å². The molecule has 0 aliphatic carbocycles. The number of piperidine rings is 1. The zero-order valence-electron chi connectivity index (χ0n) is 14.7. The van der Waals surface area contributed by atoms with Gasteiger partial charge in [-0.2, -0.15) is 0 Å². The number of ether oxygens (including phenoxy) is 1. The van der Waals surface area contributed by atoms with Crippen LogP contribution in [0.2, 0.25) is 0 Å². The van der Waals surface area contributed by atoms with E-state index < -0.39 is 0 Å². The van der Waals surface area contributed by atoms with E-state index in [1.54, 1.807) is 30.1 Å². The van der Waals surface area contributed by atoms with E-state index >= 15 is 0 Å². The summed E-state index contributed by atoms with van der Waals surface area (Å²) in [5, 5.41) is 8.22. The zero-order valence-corrected chi connectivity index (χ0v) is 14.7. The molecule has 3 N–H and O–H groups in total. The van der Waals surface area contributed by atoms with Gasteiger partial charge in [0.2, 0.25) is 0 Å². The van der Waals surface area contributed by atoms with Gasteiger partial charge >= 0.3 is 12.1 Å². The highest BCUT2D eigenvalue weighted by molar-refractivity contribution is 5.96. The predicted octanol–water partition coefficient (Wildman–Crippen LogP) is 1.71. The van der Waals surface area contributed by atoms with Crippen LogP contribution in [-0.4, -0.2) is 56.2 Å². The molecule has 1 aromatic carbocycles. The lowest BCUT2D eigenvalue weighted by Gasteiger charge is -2.32. The van der Waals surface area contributed by atoms with Crippen LogP contribution in [0.4, 0.5) is 15.3 Å². The van der Waals surface area contributed by atoms with Crippen molar-refractivity contribution in [2.75, 3.05) is 32.6 Å². The average molecular weight is 348 g/mol. The molecule has 25 heavy (non-hydrogen) atoms. The van der Waals surface area contributed by atoms with Crippen LogP contribution in [0.15, 0.2) is 18.2 Å². The fraction of sp³-hybridized carbons (Fsp3) is 0.471. The van der Waals surface area contributed by atoms with Gasteiger partial charge in [0.1, 0.15) is 0 Å². The van der Waals surface area contributed by atoms with Crippen molar-refractivity contribution in [3.05, 3.63) is 29.3 Å². The number of aryl methyl sites for hydroxylation is 1. The normalized spacial score (nSPS) is 16.8. The van der Waals surface area contributed by atoms with Crippen LogP contribution < -0.4 is 16.0 Å². The van der Waals surface area contributed by atoms with Crippen molar-refractivity contribution in [2.24, 2.45) is 0 Å². The zero-order chi connectivity index (χ0) is 18.4. The molecule has 1 fully saturated rings. The maximum atomic E-state index is 12.2. The standard InChI is InChI=1S/C17H24N4O4/c1-11-9-12(15(22)18-2)6-7-14(11)20-16(23)19-13-5-4-8-21(10-13)17(24)25-3/h6-7,9,13H,4-5,8,10H2,1-3H3,(H,18,22)(H2,19,20,23). The first-order valence-corrected chi connectivity index (χ1v) is 8.17. The highest BCUT2D eigenvalue weighted by atomic mass is 16.5. The number of amides is 4. The minimum absolute atomic E-state index is 0.127. The van der Waals surface area contributed by atoms with Crippen LogP contribution in [-0.2, 0) is 4.74 Å². The number of benzene rings is 1. The molecule has 136 valence electrons. The average Bonchev–Trinajstić information content (AvgIpc) is 2.62. The number of anilines is 1. The van der Waals surface area contributed by atoms with Crippen LogP contribution in [0.5, 0.6) is 0 Å². The number of methoxy groups -OCH3 is 1. The van der Waals surface area contributed by atoms with Gasteiger partial charge in [-0.25, -0.2) is 9.59 Å². The second-order valence-electron chi connectivity index (χ2n) is 5.96. The van der Waals surface area contributed by atoms with Gasteiger partial charge in [-0.05, 0) is 43.5 Å². The maximum Gasteiger partial charge on any atom is 0.409 e. The molecular weight excluding hydrogens is 324 g/mol. The van der Waals surface area contributed by atoms with E-state index in [2.05, 4.69) is 16.0 Å². The third-order valence-corrected chi connectivity index (χ3v) is 4.15. The molecule has 1 saturated heterocycles. The van der Waals surface area contributed by atoms with E-state index in [-0.39, 0.29) is 24.1 Å². The Labute approximate surface area is 146 Å². The Balaban J connectivity index is 1.94. The van der Waals surface area contributed by atoms with Gasteiger partial charge in [0, 0.05) is 37.4 Å². The van der Waals surface area contributed by atoms with E-state index in [1.807, 2.05) is 6.92 Å². The van der Waals surface area contributed by atoms with Crippen LogP contribution in [0.3, 0.4) is 0 Å². The number of urea groups is 1. The van der Waals surface area contributed by atoms with Crippen molar-refractivity contribution >= 4 is 23.7 Å². The fourth-order valence-electron chi connectivity index (χ4n) is 2.82. The second-order valence-corrected chi connectivity index (χ2v) is 5.96. The first-order valence-electron chi connectivity index (χ1n) is 8.17. The molecular formula is C17H24N4O4. The summed E-state index contributed by atoms with van der Waals surface area (Å²) < 4.78 is 4.72. The molecule has 4 amide bonds. The van der Waals surface area contributed by atoms with E-state index in [0.717, 1.165) is 18.4 Å². The highest BCUT2D eigenvalue weighted by Crippen LogP contribution is 2.17. The molecule has 0 saturated carbocycles. The first kappa shape index (κ1) is 18.6. The molecule has 8 heteroatoms. The summed E-state index contributed by atoms with van der Waals surface area (Å²) in [6, 6.07) is 4.60.